The molecule has 3 atom stereocenters. The molecule has 1 aliphatic carbocycles. The number of carbonyl (C=O) groups is 1. The quantitative estimate of drug-likeness (QED) is 0.754. The number of hydrogen-bond donors (Lipinski definition) is 1. The summed E-state index contributed by atoms with van der Waals surface area (Å²) in [7, 11) is 0. The Bertz CT molecular complexity index is 695. The molecule has 1 aromatic heterocycles. The van der Waals surface area contributed by atoms with Crippen LogP contribution < -0.4 is 10.2 Å². The van der Waals surface area contributed by atoms with E-state index in [2.05, 4.69) is 5.32 Å². The van der Waals surface area contributed by atoms with Gasteiger partial charge in [0, 0.05) is 5.92 Å². The molecule has 0 aliphatic heterocycles. The van der Waals surface area contributed by atoms with Crippen LogP contribution >= 0.6 is 34.8 Å². The number of alkyl halides is 2. The molecule has 8 heteroatoms. The van der Waals surface area contributed by atoms with Gasteiger partial charge in [0.05, 0.1) is 33.9 Å². The fourth-order valence-electron chi connectivity index (χ4n) is 3.05. The summed E-state index contributed by atoms with van der Waals surface area (Å²) in [5, 5.41) is 12.2. The smallest absolute Gasteiger partial charge is 0.229 e. The lowest BCUT2D eigenvalue weighted by Gasteiger charge is -2.21. The van der Waals surface area contributed by atoms with Gasteiger partial charge in [0.25, 0.3) is 0 Å². The van der Waals surface area contributed by atoms with Crippen LogP contribution in [0.4, 0.5) is 0 Å². The molecule has 1 fully saturated rings. The Morgan fingerprint density at radius 3 is 2.58 bits per heavy atom. The number of nitrogens with one attached hydrogen (secondary N) is 1. The van der Waals surface area contributed by atoms with Crippen LogP contribution in [0.25, 0.3) is 0 Å². The first-order chi connectivity index (χ1) is 11.1. The minimum Gasteiger partial charge on any atom is -0.412 e. The lowest BCUT2D eigenvalue weighted by molar-refractivity contribution is -0.128. The summed E-state index contributed by atoms with van der Waals surface area (Å²) >= 11 is 18.5. The molecule has 0 saturated heterocycles. The minimum atomic E-state index is -1.03. The van der Waals surface area contributed by atoms with Gasteiger partial charge < -0.3 is 10.2 Å². The highest BCUT2D eigenvalue weighted by Crippen LogP contribution is 2.70. The highest BCUT2D eigenvalue weighted by molar-refractivity contribution is 6.53. The van der Waals surface area contributed by atoms with E-state index in [1.807, 2.05) is 26.8 Å². The third-order valence-electron chi connectivity index (χ3n) is 4.85. The second-order valence-corrected chi connectivity index (χ2v) is 7.98. The minimum absolute atomic E-state index is 0.102. The number of carbonyl (C=O) groups excluding carboxylic acids is 1. The SMILES string of the molecule is CC[C@]1(C(=O)N[C@@H](C)COn2cc(C#N)c(Cl)c2C)[C@H](C)C1(Cl)Cl. The van der Waals surface area contributed by atoms with Crippen molar-refractivity contribution in [2.75, 3.05) is 6.61 Å². The van der Waals surface area contributed by atoms with Crippen LogP contribution in [-0.4, -0.2) is 27.6 Å². The zero-order chi connectivity index (χ0) is 18.3. The summed E-state index contributed by atoms with van der Waals surface area (Å²) in [6.07, 6.45) is 2.09. The first-order valence-electron chi connectivity index (χ1n) is 7.73. The van der Waals surface area contributed by atoms with E-state index in [1.165, 1.54) is 10.9 Å². The lowest BCUT2D eigenvalue weighted by Crippen LogP contribution is -2.44. The van der Waals surface area contributed by atoms with Crippen LogP contribution in [0.5, 0.6) is 0 Å². The summed E-state index contributed by atoms with van der Waals surface area (Å²) in [6.45, 7) is 7.56. The standard InChI is InChI=1S/C16H20Cl3N3O2/c1-5-15(11(4)16(15,18)19)14(23)21-9(2)8-24-22-7-12(6-20)13(17)10(22)3/h7,9,11H,5,8H2,1-4H3,(H,21,23)/t9-,11-,15+/m0/s1. The van der Waals surface area contributed by atoms with Crippen molar-refractivity contribution in [2.24, 2.45) is 11.3 Å². The van der Waals surface area contributed by atoms with E-state index in [4.69, 9.17) is 44.9 Å². The predicted molar refractivity (Wildman–Crippen MR) is 94.3 cm³/mol. The Morgan fingerprint density at radius 1 is 1.58 bits per heavy atom. The summed E-state index contributed by atoms with van der Waals surface area (Å²) in [5.41, 5.74) is 0.218. The fraction of sp³-hybridized carbons (Fsp3) is 0.625. The Kier molecular flexibility index (Phi) is 5.34. The van der Waals surface area contributed by atoms with Crippen molar-refractivity contribution in [3.05, 3.63) is 22.5 Å². The van der Waals surface area contributed by atoms with E-state index < -0.39 is 9.75 Å². The van der Waals surface area contributed by atoms with Gasteiger partial charge in [-0.1, -0.05) is 25.4 Å². The van der Waals surface area contributed by atoms with Crippen molar-refractivity contribution in [1.82, 2.24) is 10.0 Å². The number of hydrogen-bond acceptors (Lipinski definition) is 3. The van der Waals surface area contributed by atoms with Crippen LogP contribution in [0.15, 0.2) is 6.20 Å². The third kappa shape index (κ3) is 2.85. The van der Waals surface area contributed by atoms with Gasteiger partial charge >= 0.3 is 0 Å². The molecule has 0 bridgehead atoms. The summed E-state index contributed by atoms with van der Waals surface area (Å²) in [6, 6.07) is 1.73. The normalized spacial score (nSPS) is 25.7. The van der Waals surface area contributed by atoms with Crippen molar-refractivity contribution < 1.29 is 9.63 Å². The molecule has 0 aromatic carbocycles. The van der Waals surface area contributed by atoms with Gasteiger partial charge in [-0.15, -0.1) is 23.2 Å². The molecule has 1 saturated carbocycles. The fourth-order valence-corrected chi connectivity index (χ4v) is 4.26. The van der Waals surface area contributed by atoms with E-state index in [1.54, 1.807) is 6.92 Å². The Hall–Kier alpha value is -1.09. The maximum atomic E-state index is 12.6. The molecule has 24 heavy (non-hydrogen) atoms. The van der Waals surface area contributed by atoms with Gasteiger partial charge in [0.2, 0.25) is 5.91 Å². The zero-order valence-electron chi connectivity index (χ0n) is 14.0. The number of rotatable bonds is 6. The molecule has 1 aromatic rings. The second kappa shape index (κ2) is 6.67. The number of nitriles is 1. The first kappa shape index (κ1) is 19.2. The number of amides is 1. The van der Waals surface area contributed by atoms with Crippen molar-refractivity contribution in [3.63, 3.8) is 0 Å². The van der Waals surface area contributed by atoms with Crippen molar-refractivity contribution in [3.8, 4) is 6.07 Å². The second-order valence-electron chi connectivity index (χ2n) is 6.22. The maximum Gasteiger partial charge on any atom is 0.229 e. The van der Waals surface area contributed by atoms with E-state index in [0.29, 0.717) is 22.7 Å². The van der Waals surface area contributed by atoms with Gasteiger partial charge in [-0.3, -0.25) is 4.79 Å². The molecule has 5 nitrogen and oxygen atoms in total. The van der Waals surface area contributed by atoms with Crippen LogP contribution in [0.3, 0.4) is 0 Å². The number of aromatic nitrogens is 1. The monoisotopic (exact) mass is 391 g/mol. The average Bonchev–Trinajstić information content (AvgIpc) is 2.82. The van der Waals surface area contributed by atoms with Gasteiger partial charge in [0.1, 0.15) is 17.0 Å². The van der Waals surface area contributed by atoms with Gasteiger partial charge in [-0.25, -0.2) is 0 Å². The van der Waals surface area contributed by atoms with E-state index >= 15 is 0 Å². The van der Waals surface area contributed by atoms with Gasteiger partial charge in [0.15, 0.2) is 0 Å². The van der Waals surface area contributed by atoms with Crippen molar-refractivity contribution in [2.45, 2.75) is 44.5 Å². The predicted octanol–water partition coefficient (Wildman–Crippen LogP) is 3.47. The molecule has 0 unspecified atom stereocenters. The van der Waals surface area contributed by atoms with E-state index in [0.717, 1.165) is 0 Å². The van der Waals surface area contributed by atoms with Crippen LogP contribution in [0, 0.1) is 29.6 Å². The lowest BCUT2D eigenvalue weighted by atomic mass is 9.99. The summed E-state index contributed by atoms with van der Waals surface area (Å²) < 4.78 is 0.408. The highest BCUT2D eigenvalue weighted by atomic mass is 35.5. The highest BCUT2D eigenvalue weighted by Gasteiger charge is 2.76. The maximum absolute atomic E-state index is 12.6. The van der Waals surface area contributed by atoms with Gasteiger partial charge in [-0.05, 0) is 20.3 Å². The Labute approximate surface area is 156 Å². The molecular weight excluding hydrogens is 373 g/mol. The van der Waals surface area contributed by atoms with Crippen LogP contribution in [0.1, 0.15) is 38.4 Å². The topological polar surface area (TPSA) is 67.0 Å². The molecule has 1 aliphatic rings. The molecule has 132 valence electrons. The van der Waals surface area contributed by atoms with E-state index in [-0.39, 0.29) is 24.5 Å². The molecule has 1 amide bonds. The molecule has 1 heterocycles. The van der Waals surface area contributed by atoms with E-state index in [9.17, 15) is 4.79 Å². The first-order valence-corrected chi connectivity index (χ1v) is 8.86. The van der Waals surface area contributed by atoms with Crippen molar-refractivity contribution >= 4 is 40.7 Å². The number of halogens is 3. The average molecular weight is 393 g/mol. The number of nitrogens with zero attached hydrogens (tertiary/aromatic N) is 2. The zero-order valence-corrected chi connectivity index (χ0v) is 16.3. The summed E-state index contributed by atoms with van der Waals surface area (Å²) in [4.78, 5) is 18.2. The summed E-state index contributed by atoms with van der Waals surface area (Å²) in [5.74, 6) is -0.270. The third-order valence-corrected chi connectivity index (χ3v) is 6.66. The largest absolute Gasteiger partial charge is 0.412 e. The Balaban J connectivity index is 1.96. The van der Waals surface area contributed by atoms with Crippen LogP contribution in [0.2, 0.25) is 5.02 Å². The van der Waals surface area contributed by atoms with Crippen molar-refractivity contribution in [1.29, 1.82) is 5.26 Å². The molecule has 2 rings (SSSR count). The van der Waals surface area contributed by atoms with Crippen LogP contribution in [-0.2, 0) is 4.79 Å². The Morgan fingerprint density at radius 2 is 2.17 bits per heavy atom. The molecule has 0 radical (unpaired) electrons. The van der Waals surface area contributed by atoms with Gasteiger partial charge in [-0.2, -0.15) is 9.99 Å². The molecular formula is C16H20Cl3N3O2. The molecule has 1 N–H and O–H groups in total. The molecule has 0 spiro atoms.